The Labute approximate surface area is 161 Å². The second-order valence-corrected chi connectivity index (χ2v) is 6.07. The van der Waals surface area contributed by atoms with E-state index in [0.717, 1.165) is 0 Å². The maximum atomic E-state index is 12.1. The first-order chi connectivity index (χ1) is 13.7. The number of amides is 1. The van der Waals surface area contributed by atoms with E-state index >= 15 is 0 Å². The van der Waals surface area contributed by atoms with E-state index in [9.17, 15) is 4.79 Å². The Morgan fingerprint density at radius 3 is 2.79 bits per heavy atom. The quantitative estimate of drug-likeness (QED) is 0.671. The number of hydrogen-bond donors (Lipinski definition) is 0. The summed E-state index contributed by atoms with van der Waals surface area (Å²) >= 11 is 0. The Kier molecular flexibility index (Phi) is 4.60. The Morgan fingerprint density at radius 1 is 1.18 bits per heavy atom. The third kappa shape index (κ3) is 2.92. The first kappa shape index (κ1) is 17.8. The number of para-hydroxylation sites is 1. The molecule has 0 radical (unpaired) electrons. The third-order valence-electron chi connectivity index (χ3n) is 4.54. The van der Waals surface area contributed by atoms with E-state index in [0.29, 0.717) is 52.3 Å². The van der Waals surface area contributed by atoms with E-state index in [1.54, 1.807) is 25.2 Å². The van der Waals surface area contributed by atoms with Crippen LogP contribution in [0.3, 0.4) is 0 Å². The van der Waals surface area contributed by atoms with Crippen LogP contribution < -0.4 is 19.1 Å². The predicted octanol–water partition coefficient (Wildman–Crippen LogP) is 3.17. The molecule has 1 aromatic heterocycles. The Bertz CT molecular complexity index is 1030. The fraction of sp³-hybridized carbons (Fsp3) is 0.250. The number of likely N-dealkylation sites (N-methyl/N-ethyl adjacent to an activating group) is 1. The second kappa shape index (κ2) is 7.22. The number of anilines is 1. The van der Waals surface area contributed by atoms with E-state index in [1.165, 1.54) is 0 Å². The lowest BCUT2D eigenvalue weighted by Crippen LogP contribution is -2.38. The molecule has 28 heavy (non-hydrogen) atoms. The molecule has 1 aliphatic rings. The highest BCUT2D eigenvalue weighted by Gasteiger charge is 2.25. The van der Waals surface area contributed by atoms with Gasteiger partial charge >= 0.3 is 0 Å². The van der Waals surface area contributed by atoms with E-state index in [1.807, 2.05) is 37.3 Å². The maximum Gasteiger partial charge on any atom is 0.265 e. The summed E-state index contributed by atoms with van der Waals surface area (Å²) in [5.74, 6) is 2.37. The highest BCUT2D eigenvalue weighted by atomic mass is 16.5. The van der Waals surface area contributed by atoms with Gasteiger partial charge in [-0.05, 0) is 37.3 Å². The minimum absolute atomic E-state index is 0.0438. The zero-order valence-electron chi connectivity index (χ0n) is 15.8. The molecule has 0 N–H and O–H groups in total. The van der Waals surface area contributed by atoms with Crippen molar-refractivity contribution in [1.29, 1.82) is 0 Å². The first-order valence-electron chi connectivity index (χ1n) is 8.79. The number of methoxy groups -OCH3 is 2. The van der Waals surface area contributed by atoms with Crippen LogP contribution in [0.2, 0.25) is 0 Å². The van der Waals surface area contributed by atoms with Gasteiger partial charge in [-0.15, -0.1) is 0 Å². The lowest BCUT2D eigenvalue weighted by atomic mass is 10.1. The zero-order chi connectivity index (χ0) is 19.7. The van der Waals surface area contributed by atoms with Crippen molar-refractivity contribution in [2.75, 3.05) is 32.3 Å². The number of aromatic nitrogens is 2. The van der Waals surface area contributed by atoms with Crippen molar-refractivity contribution in [1.82, 2.24) is 10.1 Å². The number of hydrogen-bond acceptors (Lipinski definition) is 7. The van der Waals surface area contributed by atoms with Crippen molar-refractivity contribution < 1.29 is 23.5 Å². The van der Waals surface area contributed by atoms with Crippen LogP contribution in [0.1, 0.15) is 6.92 Å². The lowest BCUT2D eigenvalue weighted by Gasteiger charge is -2.28. The molecule has 0 fully saturated rings. The van der Waals surface area contributed by atoms with Gasteiger partial charge in [-0.2, -0.15) is 4.98 Å². The smallest absolute Gasteiger partial charge is 0.265 e. The largest absolute Gasteiger partial charge is 0.493 e. The monoisotopic (exact) mass is 381 g/mol. The van der Waals surface area contributed by atoms with Crippen LogP contribution in [0.15, 0.2) is 40.9 Å². The Balaban J connectivity index is 1.73. The Morgan fingerprint density at radius 2 is 2.04 bits per heavy atom. The number of carbonyl (C=O) groups is 1. The van der Waals surface area contributed by atoms with Crippen LogP contribution in [-0.4, -0.2) is 43.4 Å². The average molecular weight is 381 g/mol. The SMILES string of the molecule is CCN1C(=O)COc2ccc(-c3noc(-c4cccc(OC)c4OC)n3)cc21. The van der Waals surface area contributed by atoms with Crippen LogP contribution in [0.4, 0.5) is 5.69 Å². The van der Waals surface area contributed by atoms with Crippen molar-refractivity contribution >= 4 is 11.6 Å². The molecule has 1 aliphatic heterocycles. The molecule has 2 aromatic carbocycles. The number of benzene rings is 2. The van der Waals surface area contributed by atoms with Crippen LogP contribution in [0.25, 0.3) is 22.8 Å². The summed E-state index contributed by atoms with van der Waals surface area (Å²) in [6, 6.07) is 10.9. The lowest BCUT2D eigenvalue weighted by molar-refractivity contribution is -0.121. The molecule has 0 saturated heterocycles. The average Bonchev–Trinajstić information content (AvgIpc) is 3.22. The number of fused-ring (bicyclic) bond motifs is 1. The van der Waals surface area contributed by atoms with Gasteiger partial charge in [-0.1, -0.05) is 11.2 Å². The van der Waals surface area contributed by atoms with Crippen LogP contribution in [-0.2, 0) is 4.79 Å². The number of ether oxygens (including phenoxy) is 3. The van der Waals surface area contributed by atoms with Crippen molar-refractivity contribution in [2.45, 2.75) is 6.92 Å². The topological polar surface area (TPSA) is 86.9 Å². The molecule has 1 amide bonds. The summed E-state index contributed by atoms with van der Waals surface area (Å²) in [5, 5.41) is 4.09. The van der Waals surface area contributed by atoms with E-state index in [4.69, 9.17) is 18.7 Å². The van der Waals surface area contributed by atoms with Crippen molar-refractivity contribution in [2.24, 2.45) is 0 Å². The molecule has 0 saturated carbocycles. The third-order valence-corrected chi connectivity index (χ3v) is 4.54. The van der Waals surface area contributed by atoms with E-state index in [2.05, 4.69) is 10.1 Å². The minimum atomic E-state index is -0.0814. The molecule has 2 heterocycles. The summed E-state index contributed by atoms with van der Waals surface area (Å²) in [5.41, 5.74) is 2.04. The number of nitrogens with zero attached hydrogens (tertiary/aromatic N) is 3. The summed E-state index contributed by atoms with van der Waals surface area (Å²) < 4.78 is 21.7. The van der Waals surface area contributed by atoms with E-state index in [-0.39, 0.29) is 12.5 Å². The van der Waals surface area contributed by atoms with Crippen LogP contribution in [0, 0.1) is 0 Å². The fourth-order valence-electron chi connectivity index (χ4n) is 3.19. The molecular weight excluding hydrogens is 362 g/mol. The molecule has 0 spiro atoms. The molecule has 144 valence electrons. The standard InChI is InChI=1S/C20H19N3O5/c1-4-23-14-10-12(8-9-15(14)27-11-17(23)24)19-21-20(28-22-19)13-6-5-7-16(25-2)18(13)26-3/h5-10H,4,11H2,1-3H3. The molecular formula is C20H19N3O5. The summed E-state index contributed by atoms with van der Waals surface area (Å²) in [6.07, 6.45) is 0. The molecule has 8 heteroatoms. The Hall–Kier alpha value is -3.55. The maximum absolute atomic E-state index is 12.1. The van der Waals surface area contributed by atoms with Crippen molar-refractivity contribution in [3.05, 3.63) is 36.4 Å². The number of rotatable bonds is 5. The van der Waals surface area contributed by atoms with Crippen molar-refractivity contribution in [3.8, 4) is 40.1 Å². The van der Waals surface area contributed by atoms with Gasteiger partial charge in [0.1, 0.15) is 5.75 Å². The predicted molar refractivity (Wildman–Crippen MR) is 102 cm³/mol. The van der Waals surface area contributed by atoms with Gasteiger partial charge in [-0.25, -0.2) is 0 Å². The minimum Gasteiger partial charge on any atom is -0.493 e. The fourth-order valence-corrected chi connectivity index (χ4v) is 3.19. The molecule has 8 nitrogen and oxygen atoms in total. The molecule has 0 bridgehead atoms. The summed E-state index contributed by atoms with van der Waals surface area (Å²) in [7, 11) is 3.12. The molecule has 0 unspecified atom stereocenters. The zero-order valence-corrected chi connectivity index (χ0v) is 15.8. The van der Waals surface area contributed by atoms with Gasteiger partial charge in [0.25, 0.3) is 11.8 Å². The van der Waals surface area contributed by atoms with Crippen molar-refractivity contribution in [3.63, 3.8) is 0 Å². The molecule has 4 rings (SSSR count). The number of carbonyl (C=O) groups excluding carboxylic acids is 1. The normalized spacial score (nSPS) is 13.1. The molecule has 0 aliphatic carbocycles. The van der Waals surface area contributed by atoms with Gasteiger partial charge in [-0.3, -0.25) is 4.79 Å². The second-order valence-electron chi connectivity index (χ2n) is 6.07. The summed E-state index contributed by atoms with van der Waals surface area (Å²) in [4.78, 5) is 18.3. The van der Waals surface area contributed by atoms with Gasteiger partial charge in [0.05, 0.1) is 25.5 Å². The van der Waals surface area contributed by atoms with Crippen LogP contribution >= 0.6 is 0 Å². The summed E-state index contributed by atoms with van der Waals surface area (Å²) in [6.45, 7) is 2.51. The van der Waals surface area contributed by atoms with Gasteiger partial charge < -0.3 is 23.6 Å². The van der Waals surface area contributed by atoms with Gasteiger partial charge in [0, 0.05) is 12.1 Å². The van der Waals surface area contributed by atoms with E-state index < -0.39 is 0 Å². The highest BCUT2D eigenvalue weighted by Crippen LogP contribution is 2.39. The molecule has 0 atom stereocenters. The van der Waals surface area contributed by atoms with Gasteiger partial charge in [0.2, 0.25) is 5.82 Å². The first-order valence-corrected chi connectivity index (χ1v) is 8.79. The molecule has 3 aromatic rings. The van der Waals surface area contributed by atoms with Gasteiger partial charge in [0.15, 0.2) is 18.1 Å². The highest BCUT2D eigenvalue weighted by molar-refractivity contribution is 5.98. The van der Waals surface area contributed by atoms with Crippen LogP contribution in [0.5, 0.6) is 17.2 Å².